The molecule has 1 aromatic rings. The smallest absolute Gasteiger partial charge is 0.219 e. The Bertz CT molecular complexity index is 772. The van der Waals surface area contributed by atoms with Crippen molar-refractivity contribution in [2.45, 2.75) is 31.8 Å². The fourth-order valence-electron chi connectivity index (χ4n) is 3.04. The molecule has 0 aliphatic heterocycles. The molecule has 5 nitrogen and oxygen atoms in total. The topological polar surface area (TPSA) is 75.6 Å². The zero-order valence-corrected chi connectivity index (χ0v) is 17.3. The van der Waals surface area contributed by atoms with Crippen LogP contribution in [-0.4, -0.2) is 36.6 Å². The molecule has 1 unspecified atom stereocenters. The molecule has 2 N–H and O–H groups in total. The van der Waals surface area contributed by atoms with Crippen LogP contribution in [0.3, 0.4) is 0 Å². The maximum atomic E-state index is 12.1. The lowest BCUT2D eigenvalue weighted by molar-refractivity contribution is -0.120. The highest BCUT2D eigenvalue weighted by Gasteiger charge is 2.26. The number of hydrogen-bond donors (Lipinski definition) is 2. The number of aliphatic hydroxyl groups excluding tert-OH is 1. The maximum Gasteiger partial charge on any atom is 0.219 e. The van der Waals surface area contributed by atoms with E-state index < -0.39 is 6.10 Å². The number of nitrogens with one attached hydrogen (secondary N) is 1. The molecule has 1 aromatic carbocycles. The number of halogens is 1. The molecule has 2 rings (SSSR count). The number of carbonyl (C=O) groups excluding carboxylic acids is 2. The highest BCUT2D eigenvalue weighted by atomic mass is 35.5. The average Bonchev–Trinajstić information content (AvgIpc) is 3.06. The van der Waals surface area contributed by atoms with Gasteiger partial charge in [0.05, 0.1) is 0 Å². The highest BCUT2D eigenvalue weighted by molar-refractivity contribution is 6.30. The lowest BCUT2D eigenvalue weighted by atomic mass is 9.91. The number of amides is 1. The van der Waals surface area contributed by atoms with Crippen molar-refractivity contribution in [3.63, 3.8) is 0 Å². The lowest BCUT2D eigenvalue weighted by Gasteiger charge is -2.14. The quantitative estimate of drug-likeness (QED) is 0.423. The molecule has 29 heavy (non-hydrogen) atoms. The van der Waals surface area contributed by atoms with Gasteiger partial charge in [0.1, 0.15) is 18.5 Å². The van der Waals surface area contributed by atoms with Gasteiger partial charge in [0.15, 0.2) is 5.78 Å². The summed E-state index contributed by atoms with van der Waals surface area (Å²) in [5.74, 6) is 0.484. The summed E-state index contributed by atoms with van der Waals surface area (Å²) in [6, 6.07) is 6.97. The second kappa shape index (κ2) is 12.2. The molecule has 0 saturated heterocycles. The van der Waals surface area contributed by atoms with Crippen molar-refractivity contribution in [3.8, 4) is 5.75 Å². The number of benzene rings is 1. The first-order chi connectivity index (χ1) is 14.0. The summed E-state index contributed by atoms with van der Waals surface area (Å²) in [6.07, 6.45) is 13.1. The summed E-state index contributed by atoms with van der Waals surface area (Å²) in [6.45, 7) is 0.0844. The van der Waals surface area contributed by atoms with Gasteiger partial charge in [0.2, 0.25) is 5.91 Å². The number of carbonyl (C=O) groups is 2. The maximum absolute atomic E-state index is 12.1. The predicted octanol–water partition coefficient (Wildman–Crippen LogP) is 3.87. The molecular weight excluding hydrogens is 390 g/mol. The van der Waals surface area contributed by atoms with Crippen molar-refractivity contribution in [1.29, 1.82) is 0 Å². The van der Waals surface area contributed by atoms with Crippen LogP contribution >= 0.6 is 11.6 Å². The van der Waals surface area contributed by atoms with E-state index in [4.69, 9.17) is 16.3 Å². The summed E-state index contributed by atoms with van der Waals surface area (Å²) in [5.41, 5.74) is 0. The van der Waals surface area contributed by atoms with Crippen LogP contribution in [0, 0.1) is 11.8 Å². The zero-order chi connectivity index (χ0) is 21.1. The normalized spacial score (nSPS) is 19.9. The Labute approximate surface area is 177 Å². The fraction of sp³-hybridized carbons (Fsp3) is 0.391. The van der Waals surface area contributed by atoms with Crippen molar-refractivity contribution in [3.05, 3.63) is 65.7 Å². The van der Waals surface area contributed by atoms with Crippen molar-refractivity contribution in [2.75, 3.05) is 13.7 Å². The first-order valence-electron chi connectivity index (χ1n) is 9.82. The minimum Gasteiger partial charge on any atom is -0.491 e. The molecule has 0 fully saturated rings. The van der Waals surface area contributed by atoms with Gasteiger partial charge in [0, 0.05) is 24.4 Å². The lowest BCUT2D eigenvalue weighted by Crippen LogP contribution is -2.17. The molecule has 1 amide bonds. The van der Waals surface area contributed by atoms with Crippen LogP contribution in [0.2, 0.25) is 5.02 Å². The van der Waals surface area contributed by atoms with E-state index in [-0.39, 0.29) is 30.1 Å². The van der Waals surface area contributed by atoms with Crippen LogP contribution in [0.1, 0.15) is 25.7 Å². The number of allylic oxidation sites excluding steroid dienone is 5. The monoisotopic (exact) mass is 417 g/mol. The van der Waals surface area contributed by atoms with E-state index in [0.29, 0.717) is 17.2 Å². The molecular formula is C23H28ClNO4. The van der Waals surface area contributed by atoms with Crippen LogP contribution < -0.4 is 10.1 Å². The largest absolute Gasteiger partial charge is 0.491 e. The second-order valence-corrected chi connectivity index (χ2v) is 7.38. The molecule has 3 atom stereocenters. The first kappa shape index (κ1) is 22.9. The molecule has 1 aliphatic carbocycles. The van der Waals surface area contributed by atoms with Gasteiger partial charge in [-0.1, -0.05) is 48.0 Å². The number of rotatable bonds is 11. The van der Waals surface area contributed by atoms with Gasteiger partial charge >= 0.3 is 0 Å². The first-order valence-corrected chi connectivity index (χ1v) is 10.2. The predicted molar refractivity (Wildman–Crippen MR) is 115 cm³/mol. The van der Waals surface area contributed by atoms with Gasteiger partial charge in [-0.25, -0.2) is 0 Å². The Balaban J connectivity index is 1.76. The molecule has 6 heteroatoms. The average molecular weight is 418 g/mol. The minimum absolute atomic E-state index is 0.0437. The summed E-state index contributed by atoms with van der Waals surface area (Å²) >= 11 is 5.91. The molecule has 0 spiro atoms. The summed E-state index contributed by atoms with van der Waals surface area (Å²) < 4.78 is 5.52. The third kappa shape index (κ3) is 8.26. The fourth-order valence-corrected chi connectivity index (χ4v) is 3.22. The summed E-state index contributed by atoms with van der Waals surface area (Å²) in [4.78, 5) is 23.3. The van der Waals surface area contributed by atoms with E-state index >= 15 is 0 Å². The molecule has 0 aromatic heterocycles. The molecule has 0 heterocycles. The van der Waals surface area contributed by atoms with E-state index in [1.807, 2.05) is 12.2 Å². The molecule has 0 radical (unpaired) electrons. The van der Waals surface area contributed by atoms with Gasteiger partial charge in [-0.2, -0.15) is 0 Å². The Morgan fingerprint density at radius 1 is 1.38 bits per heavy atom. The van der Waals surface area contributed by atoms with E-state index in [1.165, 1.54) is 0 Å². The molecule has 156 valence electrons. The third-order valence-electron chi connectivity index (χ3n) is 4.68. The molecule has 0 saturated carbocycles. The summed E-state index contributed by atoms with van der Waals surface area (Å²) in [5, 5.41) is 13.3. The van der Waals surface area contributed by atoms with Crippen LogP contribution in [-0.2, 0) is 9.59 Å². The summed E-state index contributed by atoms with van der Waals surface area (Å²) in [7, 11) is 1.63. The number of unbranched alkanes of at least 4 members (excludes halogenated alkanes) is 1. The third-order valence-corrected chi connectivity index (χ3v) is 4.92. The van der Waals surface area contributed by atoms with Crippen molar-refractivity contribution in [1.82, 2.24) is 5.32 Å². The van der Waals surface area contributed by atoms with Gasteiger partial charge in [0.25, 0.3) is 0 Å². The Kier molecular flexibility index (Phi) is 9.68. The van der Waals surface area contributed by atoms with Gasteiger partial charge < -0.3 is 15.2 Å². The van der Waals surface area contributed by atoms with Crippen molar-refractivity contribution < 1.29 is 19.4 Å². The van der Waals surface area contributed by atoms with E-state index in [1.54, 1.807) is 49.5 Å². The van der Waals surface area contributed by atoms with Gasteiger partial charge in [-0.3, -0.25) is 9.59 Å². The Morgan fingerprint density at radius 2 is 2.21 bits per heavy atom. The molecule has 0 bridgehead atoms. The van der Waals surface area contributed by atoms with E-state index in [9.17, 15) is 14.7 Å². The number of ether oxygens (including phenoxy) is 1. The number of aliphatic hydroxyl groups is 1. The van der Waals surface area contributed by atoms with Crippen molar-refractivity contribution in [2.24, 2.45) is 11.8 Å². The Morgan fingerprint density at radius 3 is 2.97 bits per heavy atom. The Hall–Kier alpha value is -2.37. The number of ketones is 1. The van der Waals surface area contributed by atoms with Crippen LogP contribution in [0.5, 0.6) is 5.75 Å². The van der Waals surface area contributed by atoms with E-state index in [0.717, 1.165) is 19.3 Å². The molecule has 1 aliphatic rings. The van der Waals surface area contributed by atoms with Crippen LogP contribution in [0.15, 0.2) is 60.7 Å². The van der Waals surface area contributed by atoms with Crippen molar-refractivity contribution >= 4 is 23.3 Å². The van der Waals surface area contributed by atoms with Gasteiger partial charge in [-0.05, 0) is 49.5 Å². The van der Waals surface area contributed by atoms with Crippen LogP contribution in [0.4, 0.5) is 0 Å². The second-order valence-electron chi connectivity index (χ2n) is 6.94. The van der Waals surface area contributed by atoms with E-state index in [2.05, 4.69) is 11.4 Å². The standard InChI is InChI=1S/C23H28ClNO4/c1-25-23(28)10-5-3-2-4-7-17-11-14-22(27)21(17)13-12-19(26)16-29-20-9-6-8-18(24)15-20/h2,4,6,8-9,11-15,17,19,21,26H,3,5,7,10,16H2,1H3,(H,25,28)/t17?,19-,21-/m1/s1. The zero-order valence-electron chi connectivity index (χ0n) is 16.6. The minimum atomic E-state index is -0.816. The highest BCUT2D eigenvalue weighted by Crippen LogP contribution is 2.27. The SMILES string of the molecule is CNC(=O)CCCC=CCC1C=CC(=O)[C@@H]1C=C[C@@H](O)COc1cccc(Cl)c1. The number of hydrogen-bond acceptors (Lipinski definition) is 4. The van der Waals surface area contributed by atoms with Gasteiger partial charge in [-0.15, -0.1) is 0 Å². The van der Waals surface area contributed by atoms with Crippen LogP contribution in [0.25, 0.3) is 0 Å².